The highest BCUT2D eigenvalue weighted by molar-refractivity contribution is 7.89. The molecule has 1 aliphatic heterocycles. The van der Waals surface area contributed by atoms with Gasteiger partial charge in [0.15, 0.2) is 0 Å². The minimum atomic E-state index is -3.79. The molecule has 1 N–H and O–H groups in total. The Morgan fingerprint density at radius 1 is 1.17 bits per heavy atom. The average molecular weight is 439 g/mol. The van der Waals surface area contributed by atoms with Crippen molar-refractivity contribution in [2.24, 2.45) is 0 Å². The van der Waals surface area contributed by atoms with Crippen molar-refractivity contribution < 1.29 is 22.7 Å². The van der Waals surface area contributed by atoms with Gasteiger partial charge in [0.25, 0.3) is 5.91 Å². The Balaban J connectivity index is 1.73. The van der Waals surface area contributed by atoms with Crippen LogP contribution in [0.1, 0.15) is 15.9 Å². The monoisotopic (exact) mass is 438 g/mol. The number of carbonyl (C=O) groups excluding carboxylic acids is 1. The van der Waals surface area contributed by atoms with E-state index in [0.717, 1.165) is 5.56 Å². The van der Waals surface area contributed by atoms with Crippen molar-refractivity contribution in [1.29, 1.82) is 0 Å². The second-order valence-electron chi connectivity index (χ2n) is 6.51. The van der Waals surface area contributed by atoms with E-state index in [-0.39, 0.29) is 35.2 Å². The number of morpholine rings is 1. The van der Waals surface area contributed by atoms with Gasteiger partial charge in [-0.1, -0.05) is 23.7 Å². The van der Waals surface area contributed by atoms with Crippen LogP contribution in [0.25, 0.3) is 0 Å². The third-order valence-corrected chi connectivity index (χ3v) is 6.80. The van der Waals surface area contributed by atoms with Crippen molar-refractivity contribution >= 4 is 27.5 Å². The zero-order valence-electron chi connectivity index (χ0n) is 16.1. The number of ether oxygens (including phenoxy) is 2. The zero-order chi connectivity index (χ0) is 20.9. The van der Waals surface area contributed by atoms with Crippen LogP contribution in [0.4, 0.5) is 0 Å². The molecule has 156 valence electrons. The Morgan fingerprint density at radius 3 is 2.52 bits per heavy atom. The highest BCUT2D eigenvalue weighted by Crippen LogP contribution is 2.28. The standard InChI is InChI=1S/C20H23ClN2O5S/c1-27-18-7-4-16(14-19(18)29(25,26)23-10-12-28-13-11-23)20(24)22-9-8-15-2-5-17(21)6-3-15/h2-7,14H,8-13H2,1H3,(H,22,24). The smallest absolute Gasteiger partial charge is 0.251 e. The van der Waals surface area contributed by atoms with Crippen molar-refractivity contribution in [2.75, 3.05) is 40.0 Å². The van der Waals surface area contributed by atoms with E-state index in [1.165, 1.54) is 23.5 Å². The third-order valence-electron chi connectivity index (χ3n) is 4.63. The lowest BCUT2D eigenvalue weighted by atomic mass is 10.1. The van der Waals surface area contributed by atoms with E-state index in [9.17, 15) is 13.2 Å². The van der Waals surface area contributed by atoms with E-state index in [0.29, 0.717) is 31.2 Å². The summed E-state index contributed by atoms with van der Waals surface area (Å²) >= 11 is 5.87. The van der Waals surface area contributed by atoms with Crippen molar-refractivity contribution in [2.45, 2.75) is 11.3 Å². The first kappa shape index (κ1) is 21.6. The number of amides is 1. The molecule has 3 rings (SSSR count). The summed E-state index contributed by atoms with van der Waals surface area (Å²) in [5, 5.41) is 3.47. The van der Waals surface area contributed by atoms with Gasteiger partial charge >= 0.3 is 0 Å². The molecule has 1 fully saturated rings. The minimum Gasteiger partial charge on any atom is -0.495 e. The van der Waals surface area contributed by atoms with Crippen LogP contribution in [0.5, 0.6) is 5.75 Å². The van der Waals surface area contributed by atoms with Gasteiger partial charge in [-0.3, -0.25) is 4.79 Å². The molecule has 29 heavy (non-hydrogen) atoms. The summed E-state index contributed by atoms with van der Waals surface area (Å²) in [6.45, 7) is 1.63. The summed E-state index contributed by atoms with van der Waals surface area (Å²) in [4.78, 5) is 12.5. The Kier molecular flexibility index (Phi) is 7.13. The van der Waals surface area contributed by atoms with E-state index in [4.69, 9.17) is 21.1 Å². The molecule has 2 aromatic carbocycles. The molecular formula is C20H23ClN2O5S. The first-order chi connectivity index (χ1) is 13.9. The van der Waals surface area contributed by atoms with Crippen LogP contribution in [-0.4, -0.2) is 58.6 Å². The van der Waals surface area contributed by atoms with Crippen LogP contribution < -0.4 is 10.1 Å². The van der Waals surface area contributed by atoms with Crippen LogP contribution in [0, 0.1) is 0 Å². The molecule has 1 saturated heterocycles. The Bertz CT molecular complexity index is 957. The summed E-state index contributed by atoms with van der Waals surface area (Å²) in [6, 6.07) is 11.8. The van der Waals surface area contributed by atoms with E-state index >= 15 is 0 Å². The molecule has 0 atom stereocenters. The maximum absolute atomic E-state index is 13.0. The molecule has 2 aromatic rings. The minimum absolute atomic E-state index is 0.0211. The maximum Gasteiger partial charge on any atom is 0.251 e. The summed E-state index contributed by atoms with van der Waals surface area (Å²) in [7, 11) is -2.39. The summed E-state index contributed by atoms with van der Waals surface area (Å²) in [5.74, 6) is -0.144. The van der Waals surface area contributed by atoms with Gasteiger partial charge in [0, 0.05) is 30.2 Å². The molecule has 1 amide bonds. The van der Waals surface area contributed by atoms with Gasteiger partial charge in [0.2, 0.25) is 10.0 Å². The van der Waals surface area contributed by atoms with Crippen LogP contribution in [0.2, 0.25) is 5.02 Å². The molecule has 0 aromatic heterocycles. The van der Waals surface area contributed by atoms with Gasteiger partial charge in [-0.15, -0.1) is 0 Å². The molecule has 1 aliphatic rings. The van der Waals surface area contributed by atoms with E-state index < -0.39 is 10.0 Å². The summed E-state index contributed by atoms with van der Waals surface area (Å²) < 4.78 is 37.8. The number of methoxy groups -OCH3 is 1. The normalized spacial score (nSPS) is 15.1. The first-order valence-corrected chi connectivity index (χ1v) is 11.0. The SMILES string of the molecule is COc1ccc(C(=O)NCCc2ccc(Cl)cc2)cc1S(=O)(=O)N1CCOCC1. The lowest BCUT2D eigenvalue weighted by Gasteiger charge is -2.26. The van der Waals surface area contributed by atoms with Crippen molar-refractivity contribution in [3.63, 3.8) is 0 Å². The second-order valence-corrected chi connectivity index (χ2v) is 8.86. The number of carbonyl (C=O) groups is 1. The van der Waals surface area contributed by atoms with Gasteiger partial charge in [-0.05, 0) is 42.3 Å². The Morgan fingerprint density at radius 2 is 1.86 bits per heavy atom. The highest BCUT2D eigenvalue weighted by atomic mass is 35.5. The number of rotatable bonds is 7. The fraction of sp³-hybridized carbons (Fsp3) is 0.350. The lowest BCUT2D eigenvalue weighted by Crippen LogP contribution is -2.40. The molecule has 0 bridgehead atoms. The number of hydrogen-bond donors (Lipinski definition) is 1. The maximum atomic E-state index is 13.0. The highest BCUT2D eigenvalue weighted by Gasteiger charge is 2.30. The topological polar surface area (TPSA) is 84.9 Å². The van der Waals surface area contributed by atoms with Crippen molar-refractivity contribution in [3.05, 3.63) is 58.6 Å². The van der Waals surface area contributed by atoms with Crippen molar-refractivity contribution in [3.8, 4) is 5.75 Å². The Hall–Kier alpha value is -2.13. The zero-order valence-corrected chi connectivity index (χ0v) is 17.6. The average Bonchev–Trinajstić information content (AvgIpc) is 2.75. The van der Waals surface area contributed by atoms with Gasteiger partial charge in [0.05, 0.1) is 20.3 Å². The van der Waals surface area contributed by atoms with Crippen LogP contribution in [-0.2, 0) is 21.2 Å². The molecule has 0 aliphatic carbocycles. The van der Waals surface area contributed by atoms with Gasteiger partial charge in [0.1, 0.15) is 10.6 Å². The van der Waals surface area contributed by atoms with Gasteiger partial charge in [-0.2, -0.15) is 4.31 Å². The first-order valence-electron chi connectivity index (χ1n) is 9.20. The quantitative estimate of drug-likeness (QED) is 0.717. The number of nitrogens with one attached hydrogen (secondary N) is 1. The lowest BCUT2D eigenvalue weighted by molar-refractivity contribution is 0.0729. The third kappa shape index (κ3) is 5.27. The van der Waals surface area contributed by atoms with Crippen LogP contribution in [0.15, 0.2) is 47.4 Å². The number of hydrogen-bond acceptors (Lipinski definition) is 5. The number of halogens is 1. The van der Waals surface area contributed by atoms with E-state index in [1.807, 2.05) is 12.1 Å². The molecule has 0 radical (unpaired) electrons. The summed E-state index contributed by atoms with van der Waals surface area (Å²) in [6.07, 6.45) is 0.637. The predicted octanol–water partition coefficient (Wildman–Crippen LogP) is 2.34. The van der Waals surface area contributed by atoms with E-state index in [1.54, 1.807) is 18.2 Å². The largest absolute Gasteiger partial charge is 0.495 e. The molecule has 0 saturated carbocycles. The van der Waals surface area contributed by atoms with Crippen LogP contribution in [0.3, 0.4) is 0 Å². The fourth-order valence-corrected chi connectivity index (χ4v) is 4.73. The second kappa shape index (κ2) is 9.58. The molecule has 0 unspecified atom stereocenters. The fourth-order valence-electron chi connectivity index (χ4n) is 3.02. The molecule has 1 heterocycles. The number of sulfonamides is 1. The van der Waals surface area contributed by atoms with Crippen molar-refractivity contribution in [1.82, 2.24) is 9.62 Å². The van der Waals surface area contributed by atoms with Gasteiger partial charge < -0.3 is 14.8 Å². The number of nitrogens with zero attached hydrogens (tertiary/aromatic N) is 1. The van der Waals surface area contributed by atoms with Gasteiger partial charge in [-0.25, -0.2) is 8.42 Å². The predicted molar refractivity (Wildman–Crippen MR) is 110 cm³/mol. The molecule has 7 nitrogen and oxygen atoms in total. The Labute approximate surface area is 175 Å². The number of benzene rings is 2. The molecular weight excluding hydrogens is 416 g/mol. The molecule has 9 heteroatoms. The van der Waals surface area contributed by atoms with Crippen LogP contribution >= 0.6 is 11.6 Å². The van der Waals surface area contributed by atoms with E-state index in [2.05, 4.69) is 5.32 Å². The summed E-state index contributed by atoms with van der Waals surface area (Å²) in [5.41, 5.74) is 1.30. The molecule has 0 spiro atoms.